The van der Waals surface area contributed by atoms with Crippen LogP contribution in [0.25, 0.3) is 22.1 Å². The molecule has 9 nitrogen and oxygen atoms in total. The molecule has 3 aromatic heterocycles. The second-order valence-electron chi connectivity index (χ2n) is 9.34. The second kappa shape index (κ2) is 8.54. The quantitative estimate of drug-likeness (QED) is 0.425. The minimum absolute atomic E-state index is 0.0789. The third-order valence-electron chi connectivity index (χ3n) is 6.82. The number of amides is 1. The van der Waals surface area contributed by atoms with Crippen LogP contribution in [0, 0.1) is 6.92 Å². The molecule has 1 saturated heterocycles. The summed E-state index contributed by atoms with van der Waals surface area (Å²) in [5.41, 5.74) is 3.77. The zero-order valence-electron chi connectivity index (χ0n) is 19.3. The fourth-order valence-electron chi connectivity index (χ4n) is 4.95. The van der Waals surface area contributed by atoms with E-state index in [4.69, 9.17) is 4.63 Å². The summed E-state index contributed by atoms with van der Waals surface area (Å²) >= 11 is 0. The summed E-state index contributed by atoms with van der Waals surface area (Å²) < 4.78 is 34.0. The van der Waals surface area contributed by atoms with Crippen LogP contribution < -0.4 is 10.2 Å². The SMILES string of the molecule is Cc1nn(CC(=O)Nc2ccc(N3CCCCC3)c3nonc23)c2nc(C3CC3)cc(C(F)F)c12. The molecule has 1 aromatic carbocycles. The van der Waals surface area contributed by atoms with Crippen LogP contribution in [0.2, 0.25) is 0 Å². The number of hydrogen-bond acceptors (Lipinski definition) is 7. The summed E-state index contributed by atoms with van der Waals surface area (Å²) in [4.78, 5) is 19.9. The molecule has 2 aliphatic rings. The summed E-state index contributed by atoms with van der Waals surface area (Å²) in [5, 5.41) is 15.6. The van der Waals surface area contributed by atoms with Crippen molar-refractivity contribution in [2.45, 2.75) is 57.9 Å². The Labute approximate surface area is 199 Å². The lowest BCUT2D eigenvalue weighted by atomic mass is 10.1. The van der Waals surface area contributed by atoms with E-state index in [9.17, 15) is 13.6 Å². The smallest absolute Gasteiger partial charge is 0.264 e. The first kappa shape index (κ1) is 21.9. The fraction of sp³-hybridized carbons (Fsp3) is 0.458. The molecule has 1 saturated carbocycles. The van der Waals surface area contributed by atoms with E-state index in [1.165, 1.54) is 17.2 Å². The van der Waals surface area contributed by atoms with Gasteiger partial charge in [-0.15, -0.1) is 0 Å². The van der Waals surface area contributed by atoms with Crippen LogP contribution in [0.15, 0.2) is 22.8 Å². The van der Waals surface area contributed by atoms with E-state index in [1.54, 1.807) is 13.0 Å². The summed E-state index contributed by atoms with van der Waals surface area (Å²) in [6.45, 7) is 3.37. The van der Waals surface area contributed by atoms with Crippen LogP contribution in [-0.2, 0) is 11.3 Å². The molecule has 0 radical (unpaired) electrons. The average molecular weight is 482 g/mol. The molecule has 0 unspecified atom stereocenters. The number of carbonyl (C=O) groups is 1. The molecule has 1 amide bonds. The van der Waals surface area contributed by atoms with Gasteiger partial charge in [0.05, 0.1) is 22.5 Å². The Kier molecular flexibility index (Phi) is 5.34. The van der Waals surface area contributed by atoms with Gasteiger partial charge in [0, 0.05) is 30.3 Å². The first-order valence-corrected chi connectivity index (χ1v) is 12.0. The first-order valence-electron chi connectivity index (χ1n) is 12.0. The van der Waals surface area contributed by atoms with Crippen LogP contribution in [-0.4, -0.2) is 44.1 Å². The van der Waals surface area contributed by atoms with Gasteiger partial charge in [0.1, 0.15) is 6.54 Å². The maximum absolute atomic E-state index is 13.8. The van der Waals surface area contributed by atoms with Crippen LogP contribution in [0.5, 0.6) is 0 Å². The Morgan fingerprint density at radius 3 is 2.69 bits per heavy atom. The number of nitrogens with one attached hydrogen (secondary N) is 1. The van der Waals surface area contributed by atoms with Crippen molar-refractivity contribution in [3.8, 4) is 0 Å². The average Bonchev–Trinajstić information content (AvgIpc) is 3.51. The van der Waals surface area contributed by atoms with Crippen LogP contribution in [0.3, 0.4) is 0 Å². The van der Waals surface area contributed by atoms with Crippen LogP contribution >= 0.6 is 0 Å². The topological polar surface area (TPSA) is 102 Å². The van der Waals surface area contributed by atoms with Gasteiger partial charge in [-0.25, -0.2) is 23.1 Å². The maximum atomic E-state index is 13.8. The van der Waals surface area contributed by atoms with Crippen molar-refractivity contribution in [2.75, 3.05) is 23.3 Å². The Balaban J connectivity index is 1.29. The molecule has 4 heterocycles. The molecule has 0 spiro atoms. The largest absolute Gasteiger partial charge is 0.370 e. The summed E-state index contributed by atoms with van der Waals surface area (Å²) in [6, 6.07) is 5.19. The molecule has 1 aliphatic carbocycles. The van der Waals surface area contributed by atoms with Gasteiger partial charge >= 0.3 is 0 Å². The molecule has 1 N–H and O–H groups in total. The fourth-order valence-corrected chi connectivity index (χ4v) is 4.95. The Bertz CT molecular complexity index is 1420. The van der Waals surface area contributed by atoms with Crippen molar-refractivity contribution in [3.05, 3.63) is 35.2 Å². The highest BCUT2D eigenvalue weighted by atomic mass is 19.3. The molecule has 6 rings (SSSR count). The Morgan fingerprint density at radius 1 is 1.17 bits per heavy atom. The monoisotopic (exact) mass is 481 g/mol. The maximum Gasteiger partial charge on any atom is 0.264 e. The molecule has 35 heavy (non-hydrogen) atoms. The molecule has 0 bridgehead atoms. The number of fused-ring (bicyclic) bond motifs is 2. The highest BCUT2D eigenvalue weighted by Gasteiger charge is 2.29. The number of piperidine rings is 1. The lowest BCUT2D eigenvalue weighted by Crippen LogP contribution is -2.29. The number of nitrogens with zero attached hydrogens (tertiary/aromatic N) is 6. The van der Waals surface area contributed by atoms with Gasteiger partial charge in [0.25, 0.3) is 6.43 Å². The third kappa shape index (κ3) is 3.98. The molecule has 182 valence electrons. The van der Waals surface area contributed by atoms with Gasteiger partial charge in [0.2, 0.25) is 5.91 Å². The van der Waals surface area contributed by atoms with E-state index in [0.29, 0.717) is 39.1 Å². The minimum Gasteiger partial charge on any atom is -0.370 e. The molecule has 4 aromatic rings. The molecular formula is C24H25F2N7O2. The number of benzene rings is 1. The van der Waals surface area contributed by atoms with E-state index in [0.717, 1.165) is 44.5 Å². The predicted octanol–water partition coefficient (Wildman–Crippen LogP) is 4.72. The van der Waals surface area contributed by atoms with Gasteiger partial charge < -0.3 is 10.2 Å². The summed E-state index contributed by atoms with van der Waals surface area (Å²) in [6.07, 6.45) is 2.67. The van der Waals surface area contributed by atoms with Crippen molar-refractivity contribution in [2.24, 2.45) is 0 Å². The van der Waals surface area contributed by atoms with Gasteiger partial charge in [-0.2, -0.15) is 5.10 Å². The minimum atomic E-state index is -2.64. The van der Waals surface area contributed by atoms with E-state index < -0.39 is 6.43 Å². The van der Waals surface area contributed by atoms with Gasteiger partial charge in [0.15, 0.2) is 16.7 Å². The number of rotatable bonds is 6. The number of alkyl halides is 2. The standard InChI is InChI=1S/C24H25F2N7O2/c1-13-20-15(23(25)26)11-17(14-5-6-14)28-24(20)33(29-13)12-19(34)27-16-7-8-18(22-21(16)30-35-31-22)32-9-3-2-4-10-32/h7-8,11,14,23H,2-6,9-10,12H2,1H3,(H,27,34). The van der Waals surface area contributed by atoms with Crippen molar-refractivity contribution >= 4 is 39.3 Å². The zero-order valence-corrected chi connectivity index (χ0v) is 19.3. The number of carbonyl (C=O) groups excluding carboxylic acids is 1. The van der Waals surface area contributed by atoms with Crippen molar-refractivity contribution in [3.63, 3.8) is 0 Å². The normalized spacial score (nSPS) is 16.5. The summed E-state index contributed by atoms with van der Waals surface area (Å²) in [5.74, 6) is -0.178. The van der Waals surface area contributed by atoms with Crippen molar-refractivity contribution in [1.29, 1.82) is 0 Å². The number of halogens is 2. The molecule has 1 aliphatic heterocycles. The first-order chi connectivity index (χ1) is 17.0. The highest BCUT2D eigenvalue weighted by Crippen LogP contribution is 2.42. The van der Waals surface area contributed by atoms with Crippen molar-refractivity contribution in [1.82, 2.24) is 25.1 Å². The lowest BCUT2D eigenvalue weighted by Gasteiger charge is -2.28. The molecular weight excluding hydrogens is 456 g/mol. The van der Waals surface area contributed by atoms with Gasteiger partial charge in [-0.1, -0.05) is 0 Å². The van der Waals surface area contributed by atoms with E-state index >= 15 is 0 Å². The van der Waals surface area contributed by atoms with Crippen LogP contribution in [0.1, 0.15) is 61.4 Å². The highest BCUT2D eigenvalue weighted by molar-refractivity contribution is 6.03. The second-order valence-corrected chi connectivity index (χ2v) is 9.34. The number of pyridine rings is 1. The molecule has 11 heteroatoms. The summed E-state index contributed by atoms with van der Waals surface area (Å²) in [7, 11) is 0. The molecule has 0 atom stereocenters. The van der Waals surface area contributed by atoms with Gasteiger partial charge in [-0.3, -0.25) is 4.79 Å². The number of aryl methyl sites for hydroxylation is 1. The Morgan fingerprint density at radius 2 is 1.94 bits per heavy atom. The molecule has 2 fully saturated rings. The number of anilines is 2. The van der Waals surface area contributed by atoms with Crippen molar-refractivity contribution < 1.29 is 18.2 Å². The van der Waals surface area contributed by atoms with E-state index in [-0.39, 0.29) is 23.9 Å². The number of aromatic nitrogens is 5. The van der Waals surface area contributed by atoms with E-state index in [2.05, 4.69) is 30.6 Å². The van der Waals surface area contributed by atoms with Crippen LogP contribution in [0.4, 0.5) is 20.2 Å². The van der Waals surface area contributed by atoms with Gasteiger partial charge in [-0.05, 0) is 67.5 Å². The predicted molar refractivity (Wildman–Crippen MR) is 126 cm³/mol. The third-order valence-corrected chi connectivity index (χ3v) is 6.82. The Hall–Kier alpha value is -3.63. The lowest BCUT2D eigenvalue weighted by molar-refractivity contribution is -0.116. The number of hydrogen-bond donors (Lipinski definition) is 1. The zero-order chi connectivity index (χ0) is 24.1. The van der Waals surface area contributed by atoms with E-state index in [1.807, 2.05) is 6.07 Å².